The summed E-state index contributed by atoms with van der Waals surface area (Å²) in [5.74, 6) is -0.0531. The minimum atomic E-state index is -0.0531. The molecule has 0 unspecified atom stereocenters. The largest absolute Gasteiger partial charge is 0.337 e. The van der Waals surface area contributed by atoms with E-state index in [-0.39, 0.29) is 11.4 Å². The minimum Gasteiger partial charge on any atom is -0.337 e. The van der Waals surface area contributed by atoms with Crippen molar-refractivity contribution >= 4 is 5.91 Å². The molecule has 1 aliphatic rings. The van der Waals surface area contributed by atoms with Gasteiger partial charge in [0.05, 0.1) is 5.56 Å². The summed E-state index contributed by atoms with van der Waals surface area (Å²) in [6.45, 7) is 3.64. The molecular formula is C14H18N4O. The Hall–Kier alpha value is -1.93. The van der Waals surface area contributed by atoms with E-state index in [0.29, 0.717) is 11.3 Å². The van der Waals surface area contributed by atoms with Crippen LogP contribution >= 0.6 is 0 Å². The number of carbonyl (C=O) groups excluding carboxylic acids is 1. The van der Waals surface area contributed by atoms with Crippen molar-refractivity contribution in [3.05, 3.63) is 29.6 Å². The predicted molar refractivity (Wildman–Crippen MR) is 71.6 cm³/mol. The second-order valence-electron chi connectivity index (χ2n) is 5.15. The van der Waals surface area contributed by atoms with Gasteiger partial charge in [-0.2, -0.15) is 5.26 Å². The molecule has 1 aromatic heterocycles. The maximum absolute atomic E-state index is 12.3. The first-order valence-electron chi connectivity index (χ1n) is 6.42. The van der Waals surface area contributed by atoms with Gasteiger partial charge in [0, 0.05) is 24.8 Å². The van der Waals surface area contributed by atoms with Crippen LogP contribution in [0.2, 0.25) is 0 Å². The molecule has 0 saturated carbocycles. The minimum absolute atomic E-state index is 0.0531. The number of piperidine rings is 1. The monoisotopic (exact) mass is 258 g/mol. The first kappa shape index (κ1) is 13.5. The molecule has 100 valence electrons. The molecule has 0 aliphatic carbocycles. The molecule has 2 rings (SSSR count). The third-order valence-electron chi connectivity index (χ3n) is 3.87. The number of nitrogens with one attached hydrogen (secondary N) is 1. The average molecular weight is 258 g/mol. The number of hydrogen-bond acceptors (Lipinski definition) is 4. The number of carbonyl (C=O) groups is 1. The fourth-order valence-corrected chi connectivity index (χ4v) is 2.20. The van der Waals surface area contributed by atoms with Gasteiger partial charge in [-0.3, -0.25) is 4.79 Å². The Labute approximate surface area is 113 Å². The molecule has 0 aromatic carbocycles. The Kier molecular flexibility index (Phi) is 3.82. The van der Waals surface area contributed by atoms with Gasteiger partial charge in [0.1, 0.15) is 11.8 Å². The number of hydrogen-bond donors (Lipinski definition) is 1. The lowest BCUT2D eigenvalue weighted by atomic mass is 9.90. The molecule has 2 heterocycles. The first-order chi connectivity index (χ1) is 9.08. The quantitative estimate of drug-likeness (QED) is 0.864. The van der Waals surface area contributed by atoms with Crippen LogP contribution in [0.5, 0.6) is 0 Å². The van der Waals surface area contributed by atoms with E-state index in [9.17, 15) is 4.79 Å². The lowest BCUT2D eigenvalue weighted by Gasteiger charge is -2.39. The second kappa shape index (κ2) is 5.37. The highest BCUT2D eigenvalue weighted by molar-refractivity contribution is 5.92. The Morgan fingerprint density at radius 1 is 1.47 bits per heavy atom. The van der Waals surface area contributed by atoms with E-state index in [2.05, 4.69) is 17.2 Å². The summed E-state index contributed by atoms with van der Waals surface area (Å²) >= 11 is 0. The summed E-state index contributed by atoms with van der Waals surface area (Å²) in [6, 6.07) is 5.24. The summed E-state index contributed by atoms with van der Waals surface area (Å²) in [5.41, 5.74) is 1.000. The third-order valence-corrected chi connectivity index (χ3v) is 3.87. The van der Waals surface area contributed by atoms with E-state index >= 15 is 0 Å². The van der Waals surface area contributed by atoms with E-state index in [0.717, 1.165) is 25.9 Å². The highest BCUT2D eigenvalue weighted by Crippen LogP contribution is 2.22. The van der Waals surface area contributed by atoms with Crippen molar-refractivity contribution in [1.29, 1.82) is 5.26 Å². The number of rotatable bonds is 2. The van der Waals surface area contributed by atoms with Crippen LogP contribution in [0.15, 0.2) is 18.3 Å². The number of nitrogens with zero attached hydrogens (tertiary/aromatic N) is 3. The van der Waals surface area contributed by atoms with Crippen molar-refractivity contribution < 1.29 is 4.79 Å². The molecule has 0 atom stereocenters. The molecule has 1 aliphatic heterocycles. The summed E-state index contributed by atoms with van der Waals surface area (Å²) in [6.07, 6.45) is 3.31. The zero-order chi connectivity index (χ0) is 13.9. The molecule has 0 bridgehead atoms. The number of amides is 1. The maximum atomic E-state index is 12.3. The number of likely N-dealkylation sites (tertiary alicyclic amines) is 1. The summed E-state index contributed by atoms with van der Waals surface area (Å²) < 4.78 is 0. The molecule has 1 saturated heterocycles. The van der Waals surface area contributed by atoms with Crippen molar-refractivity contribution in [1.82, 2.24) is 15.2 Å². The van der Waals surface area contributed by atoms with E-state index in [4.69, 9.17) is 5.26 Å². The SMILES string of the molecule is CNC1(C)CCN(C(=O)c2ccc(C#N)cn2)CC1. The molecule has 1 fully saturated rings. The van der Waals surface area contributed by atoms with Crippen LogP contribution in [0.25, 0.3) is 0 Å². The molecular weight excluding hydrogens is 240 g/mol. The van der Waals surface area contributed by atoms with Crippen molar-refractivity contribution in [3.8, 4) is 6.07 Å². The van der Waals surface area contributed by atoms with Crippen LogP contribution < -0.4 is 5.32 Å². The number of nitriles is 1. The van der Waals surface area contributed by atoms with Crippen molar-refractivity contribution in [3.63, 3.8) is 0 Å². The van der Waals surface area contributed by atoms with Gasteiger partial charge in [-0.05, 0) is 38.9 Å². The van der Waals surface area contributed by atoms with Crippen LogP contribution in [0.1, 0.15) is 35.8 Å². The Morgan fingerprint density at radius 2 is 2.16 bits per heavy atom. The van der Waals surface area contributed by atoms with E-state index in [1.54, 1.807) is 12.1 Å². The normalized spacial score (nSPS) is 17.8. The first-order valence-corrected chi connectivity index (χ1v) is 6.42. The maximum Gasteiger partial charge on any atom is 0.272 e. The lowest BCUT2D eigenvalue weighted by molar-refractivity contribution is 0.0656. The number of aromatic nitrogens is 1. The Balaban J connectivity index is 2.03. The average Bonchev–Trinajstić information content (AvgIpc) is 2.47. The zero-order valence-electron chi connectivity index (χ0n) is 11.3. The van der Waals surface area contributed by atoms with Crippen LogP contribution in [0.3, 0.4) is 0 Å². The highest BCUT2D eigenvalue weighted by atomic mass is 16.2. The molecule has 1 aromatic rings. The zero-order valence-corrected chi connectivity index (χ0v) is 11.3. The van der Waals surface area contributed by atoms with Gasteiger partial charge in [0.15, 0.2) is 0 Å². The van der Waals surface area contributed by atoms with Crippen molar-refractivity contribution in [2.24, 2.45) is 0 Å². The standard InChI is InChI=1S/C14H18N4O/c1-14(16-2)5-7-18(8-6-14)13(19)12-4-3-11(9-15)10-17-12/h3-4,10,16H,5-8H2,1-2H3. The van der Waals surface area contributed by atoms with Crippen molar-refractivity contribution in [2.75, 3.05) is 20.1 Å². The number of pyridine rings is 1. The highest BCUT2D eigenvalue weighted by Gasteiger charge is 2.30. The fraction of sp³-hybridized carbons (Fsp3) is 0.500. The Morgan fingerprint density at radius 3 is 2.63 bits per heavy atom. The molecule has 19 heavy (non-hydrogen) atoms. The molecule has 0 radical (unpaired) electrons. The van der Waals surface area contributed by atoms with Gasteiger partial charge in [0.2, 0.25) is 0 Å². The molecule has 0 spiro atoms. The van der Waals surface area contributed by atoms with E-state index < -0.39 is 0 Å². The fourth-order valence-electron chi connectivity index (χ4n) is 2.20. The van der Waals surface area contributed by atoms with E-state index in [1.165, 1.54) is 6.20 Å². The lowest BCUT2D eigenvalue weighted by Crippen LogP contribution is -2.51. The van der Waals surface area contributed by atoms with Gasteiger partial charge in [-0.1, -0.05) is 0 Å². The van der Waals surface area contributed by atoms with Crippen LogP contribution in [0.4, 0.5) is 0 Å². The molecule has 1 amide bonds. The summed E-state index contributed by atoms with van der Waals surface area (Å²) in [7, 11) is 1.96. The summed E-state index contributed by atoms with van der Waals surface area (Å²) in [4.78, 5) is 18.1. The van der Waals surface area contributed by atoms with Gasteiger partial charge in [-0.25, -0.2) is 4.98 Å². The van der Waals surface area contributed by atoms with Crippen LogP contribution in [-0.2, 0) is 0 Å². The third kappa shape index (κ3) is 2.91. The predicted octanol–water partition coefficient (Wildman–Crippen LogP) is 1.17. The van der Waals surface area contributed by atoms with Gasteiger partial charge in [-0.15, -0.1) is 0 Å². The molecule has 5 heteroatoms. The van der Waals surface area contributed by atoms with Crippen molar-refractivity contribution in [2.45, 2.75) is 25.3 Å². The Bertz CT molecular complexity index is 495. The smallest absolute Gasteiger partial charge is 0.272 e. The van der Waals surface area contributed by atoms with Crippen LogP contribution in [-0.4, -0.2) is 41.5 Å². The van der Waals surface area contributed by atoms with E-state index in [1.807, 2.05) is 18.0 Å². The molecule has 1 N–H and O–H groups in total. The van der Waals surface area contributed by atoms with Gasteiger partial charge < -0.3 is 10.2 Å². The second-order valence-corrected chi connectivity index (χ2v) is 5.15. The van der Waals surface area contributed by atoms with Gasteiger partial charge in [0.25, 0.3) is 5.91 Å². The molecule has 5 nitrogen and oxygen atoms in total. The topological polar surface area (TPSA) is 69.0 Å². The summed E-state index contributed by atoms with van der Waals surface area (Å²) in [5, 5.41) is 12.0. The van der Waals surface area contributed by atoms with Crippen LogP contribution in [0, 0.1) is 11.3 Å². The van der Waals surface area contributed by atoms with Gasteiger partial charge >= 0.3 is 0 Å².